The SMILES string of the molecule is O=C(CO)COS(=O)(=O)c1cc(Cl)c(Cl)cc1Cl. The molecule has 1 aromatic rings. The van der Waals surface area contributed by atoms with Gasteiger partial charge in [-0.2, -0.15) is 8.42 Å². The molecule has 1 rings (SSSR count). The Labute approximate surface area is 118 Å². The molecule has 0 aliphatic rings. The number of ketones is 1. The third kappa shape index (κ3) is 3.81. The van der Waals surface area contributed by atoms with Gasteiger partial charge in [0.25, 0.3) is 10.1 Å². The zero-order chi connectivity index (χ0) is 13.9. The van der Waals surface area contributed by atoms with Crippen molar-refractivity contribution in [3.8, 4) is 0 Å². The fraction of sp³-hybridized carbons (Fsp3) is 0.222. The summed E-state index contributed by atoms with van der Waals surface area (Å²) in [5.74, 6) is -0.783. The minimum Gasteiger partial charge on any atom is -0.388 e. The van der Waals surface area contributed by atoms with Crippen LogP contribution in [0.1, 0.15) is 0 Å². The lowest BCUT2D eigenvalue weighted by molar-refractivity contribution is -0.123. The molecular weight excluding hydrogens is 327 g/mol. The Morgan fingerprint density at radius 2 is 1.72 bits per heavy atom. The molecular formula is C9H7Cl3O5S. The van der Waals surface area contributed by atoms with Gasteiger partial charge in [-0.1, -0.05) is 34.8 Å². The summed E-state index contributed by atoms with van der Waals surface area (Å²) in [4.78, 5) is 10.4. The van der Waals surface area contributed by atoms with Crippen molar-refractivity contribution in [1.82, 2.24) is 0 Å². The van der Waals surface area contributed by atoms with Crippen LogP contribution in [0.4, 0.5) is 0 Å². The molecule has 0 aliphatic carbocycles. The Morgan fingerprint density at radius 1 is 1.17 bits per heavy atom. The van der Waals surface area contributed by atoms with E-state index >= 15 is 0 Å². The van der Waals surface area contributed by atoms with Crippen molar-refractivity contribution in [3.05, 3.63) is 27.2 Å². The van der Waals surface area contributed by atoms with E-state index in [4.69, 9.17) is 39.9 Å². The van der Waals surface area contributed by atoms with Crippen molar-refractivity contribution in [2.75, 3.05) is 13.2 Å². The van der Waals surface area contributed by atoms with E-state index in [0.717, 1.165) is 12.1 Å². The zero-order valence-corrected chi connectivity index (χ0v) is 11.8. The van der Waals surface area contributed by atoms with Gasteiger partial charge in [0.15, 0.2) is 5.78 Å². The lowest BCUT2D eigenvalue weighted by Crippen LogP contribution is -2.17. The second-order valence-corrected chi connectivity index (χ2v) is 5.92. The van der Waals surface area contributed by atoms with Crippen LogP contribution in [-0.2, 0) is 19.1 Å². The molecule has 100 valence electrons. The molecule has 0 amide bonds. The van der Waals surface area contributed by atoms with E-state index in [2.05, 4.69) is 4.18 Å². The average Bonchev–Trinajstić information content (AvgIpc) is 2.30. The summed E-state index contributed by atoms with van der Waals surface area (Å²) in [6.45, 7) is -1.60. The first-order chi connectivity index (χ1) is 8.27. The first-order valence-corrected chi connectivity index (χ1v) is 6.98. The highest BCUT2D eigenvalue weighted by Gasteiger charge is 2.22. The molecule has 0 aromatic heterocycles. The molecule has 18 heavy (non-hydrogen) atoms. The van der Waals surface area contributed by atoms with Crippen molar-refractivity contribution in [1.29, 1.82) is 0 Å². The van der Waals surface area contributed by atoms with Crippen LogP contribution in [-0.4, -0.2) is 32.5 Å². The summed E-state index contributed by atoms with van der Waals surface area (Å²) >= 11 is 17.0. The van der Waals surface area contributed by atoms with Crippen LogP contribution in [0.25, 0.3) is 0 Å². The van der Waals surface area contributed by atoms with Crippen molar-refractivity contribution in [2.24, 2.45) is 0 Å². The summed E-state index contributed by atoms with van der Waals surface area (Å²) in [5, 5.41) is 8.34. The predicted molar refractivity (Wildman–Crippen MR) is 66.7 cm³/mol. The summed E-state index contributed by atoms with van der Waals surface area (Å²) in [6, 6.07) is 2.17. The molecule has 1 N–H and O–H groups in total. The molecule has 0 saturated heterocycles. The van der Waals surface area contributed by atoms with Crippen molar-refractivity contribution >= 4 is 50.7 Å². The zero-order valence-electron chi connectivity index (χ0n) is 8.69. The van der Waals surface area contributed by atoms with E-state index in [-0.39, 0.29) is 15.1 Å². The smallest absolute Gasteiger partial charge is 0.298 e. The van der Waals surface area contributed by atoms with Crippen molar-refractivity contribution < 1.29 is 22.5 Å². The van der Waals surface area contributed by atoms with Gasteiger partial charge in [-0.15, -0.1) is 0 Å². The first-order valence-electron chi connectivity index (χ1n) is 4.44. The quantitative estimate of drug-likeness (QED) is 0.657. The van der Waals surface area contributed by atoms with Gasteiger partial charge in [-0.05, 0) is 12.1 Å². The molecule has 0 saturated carbocycles. The van der Waals surface area contributed by atoms with E-state index in [1.807, 2.05) is 0 Å². The normalized spacial score (nSPS) is 11.6. The van der Waals surface area contributed by atoms with Gasteiger partial charge in [-0.3, -0.25) is 8.98 Å². The number of hydrogen-bond acceptors (Lipinski definition) is 5. The van der Waals surface area contributed by atoms with Crippen LogP contribution in [0.3, 0.4) is 0 Å². The fourth-order valence-corrected chi connectivity index (χ4v) is 2.82. The molecule has 9 heteroatoms. The predicted octanol–water partition coefficient (Wildman–Crippen LogP) is 1.91. The highest BCUT2D eigenvalue weighted by Crippen LogP contribution is 2.32. The maximum Gasteiger partial charge on any atom is 0.298 e. The maximum atomic E-state index is 11.7. The van der Waals surface area contributed by atoms with E-state index in [1.165, 1.54) is 0 Å². The number of benzene rings is 1. The van der Waals surface area contributed by atoms with Crippen LogP contribution < -0.4 is 0 Å². The Morgan fingerprint density at radius 3 is 2.28 bits per heavy atom. The molecule has 0 atom stereocenters. The Balaban J connectivity index is 3.06. The lowest BCUT2D eigenvalue weighted by Gasteiger charge is -2.07. The maximum absolute atomic E-state index is 11.7. The Bertz CT molecular complexity index is 570. The second kappa shape index (κ2) is 6.18. The van der Waals surface area contributed by atoms with E-state index in [9.17, 15) is 13.2 Å². The van der Waals surface area contributed by atoms with Crippen LogP contribution >= 0.6 is 34.8 Å². The number of aliphatic hydroxyl groups is 1. The van der Waals surface area contributed by atoms with Gasteiger partial charge in [0.1, 0.15) is 18.1 Å². The van der Waals surface area contributed by atoms with Crippen molar-refractivity contribution in [2.45, 2.75) is 4.90 Å². The molecule has 0 aliphatic heterocycles. The van der Waals surface area contributed by atoms with Crippen LogP contribution in [0.15, 0.2) is 17.0 Å². The Hall–Kier alpha value is -0.370. The second-order valence-electron chi connectivity index (χ2n) is 3.11. The molecule has 0 spiro atoms. The highest BCUT2D eigenvalue weighted by atomic mass is 35.5. The van der Waals surface area contributed by atoms with Gasteiger partial charge in [0.05, 0.1) is 15.1 Å². The Kier molecular flexibility index (Phi) is 5.39. The molecule has 1 aromatic carbocycles. The van der Waals surface area contributed by atoms with Gasteiger partial charge in [0, 0.05) is 0 Å². The van der Waals surface area contributed by atoms with Crippen molar-refractivity contribution in [3.63, 3.8) is 0 Å². The first kappa shape index (κ1) is 15.7. The largest absolute Gasteiger partial charge is 0.388 e. The summed E-state index contributed by atoms with van der Waals surface area (Å²) in [5.41, 5.74) is 0. The molecule has 0 radical (unpaired) electrons. The van der Waals surface area contributed by atoms with Gasteiger partial charge in [0.2, 0.25) is 0 Å². The van der Waals surface area contributed by atoms with Gasteiger partial charge < -0.3 is 5.11 Å². The van der Waals surface area contributed by atoms with Crippen LogP contribution in [0, 0.1) is 0 Å². The summed E-state index contributed by atoms with van der Waals surface area (Å²) < 4.78 is 27.8. The molecule has 0 unspecified atom stereocenters. The van der Waals surface area contributed by atoms with Gasteiger partial charge in [-0.25, -0.2) is 0 Å². The van der Waals surface area contributed by atoms with E-state index < -0.39 is 34.0 Å². The summed E-state index contributed by atoms with van der Waals surface area (Å²) in [6.07, 6.45) is 0. The molecule has 5 nitrogen and oxygen atoms in total. The lowest BCUT2D eigenvalue weighted by atomic mass is 10.4. The van der Waals surface area contributed by atoms with Gasteiger partial charge >= 0.3 is 0 Å². The molecule has 0 heterocycles. The number of hydrogen-bond donors (Lipinski definition) is 1. The monoisotopic (exact) mass is 332 g/mol. The number of rotatable bonds is 5. The van der Waals surface area contributed by atoms with E-state index in [0.29, 0.717) is 0 Å². The molecule has 0 fully saturated rings. The number of aliphatic hydroxyl groups excluding tert-OH is 1. The number of halogens is 3. The summed E-state index contributed by atoms with van der Waals surface area (Å²) in [7, 11) is -4.24. The van der Waals surface area contributed by atoms with Crippen LogP contribution in [0.5, 0.6) is 0 Å². The standard InChI is InChI=1S/C9H7Cl3O5S/c10-6-1-8(12)9(2-7(6)11)18(15,16)17-4-5(14)3-13/h1-2,13H,3-4H2. The number of Topliss-reactive ketones (excluding diaryl/α,β-unsaturated/α-hetero) is 1. The minimum atomic E-state index is -4.24. The van der Waals surface area contributed by atoms with Crippen LogP contribution in [0.2, 0.25) is 15.1 Å². The third-order valence-corrected chi connectivity index (χ3v) is 4.25. The highest BCUT2D eigenvalue weighted by molar-refractivity contribution is 7.87. The third-order valence-electron chi connectivity index (χ3n) is 1.80. The molecule has 0 bridgehead atoms. The average molecular weight is 334 g/mol. The number of carbonyl (C=O) groups is 1. The number of carbonyl (C=O) groups excluding carboxylic acids is 1. The fourth-order valence-electron chi connectivity index (χ4n) is 0.948. The minimum absolute atomic E-state index is 0.0169. The topological polar surface area (TPSA) is 80.7 Å². The van der Waals surface area contributed by atoms with E-state index in [1.54, 1.807) is 0 Å².